The minimum absolute atomic E-state index is 0.377. The minimum Gasteiger partial charge on any atom is -0.502 e. The highest BCUT2D eigenvalue weighted by Gasteiger charge is 2.00. The van der Waals surface area contributed by atoms with Gasteiger partial charge in [-0.3, -0.25) is 4.79 Å². The standard InChI is InChI=1S/C12H12N2O3/c15-10-8-13-11(14-12(10)16)6-7-17-9-4-2-1-3-5-9/h1-5,8,15H,6-7H2,(H,13,14,16). The van der Waals surface area contributed by atoms with Gasteiger partial charge in [-0.2, -0.15) is 0 Å². The number of benzene rings is 1. The van der Waals surface area contributed by atoms with Crippen LogP contribution in [0.4, 0.5) is 0 Å². The van der Waals surface area contributed by atoms with Gasteiger partial charge in [-0.15, -0.1) is 0 Å². The van der Waals surface area contributed by atoms with Gasteiger partial charge in [-0.25, -0.2) is 4.98 Å². The quantitative estimate of drug-likeness (QED) is 0.827. The molecule has 0 saturated carbocycles. The monoisotopic (exact) mass is 232 g/mol. The van der Waals surface area contributed by atoms with Crippen LogP contribution in [0, 0.1) is 0 Å². The Morgan fingerprint density at radius 2 is 2.06 bits per heavy atom. The van der Waals surface area contributed by atoms with Crippen molar-refractivity contribution in [2.75, 3.05) is 6.61 Å². The van der Waals surface area contributed by atoms with E-state index < -0.39 is 5.56 Å². The molecule has 17 heavy (non-hydrogen) atoms. The largest absolute Gasteiger partial charge is 0.502 e. The summed E-state index contributed by atoms with van der Waals surface area (Å²) in [6.45, 7) is 0.414. The highest BCUT2D eigenvalue weighted by Crippen LogP contribution is 2.08. The lowest BCUT2D eigenvalue weighted by atomic mass is 10.3. The molecule has 2 rings (SSSR count). The Balaban J connectivity index is 1.90. The third-order valence-corrected chi connectivity index (χ3v) is 2.18. The lowest BCUT2D eigenvalue weighted by molar-refractivity contribution is 0.318. The summed E-state index contributed by atoms with van der Waals surface area (Å²) in [6, 6.07) is 9.39. The number of rotatable bonds is 4. The number of nitrogens with one attached hydrogen (secondary N) is 1. The van der Waals surface area contributed by atoms with E-state index in [1.165, 1.54) is 0 Å². The van der Waals surface area contributed by atoms with Crippen LogP contribution < -0.4 is 10.3 Å². The Labute approximate surface area is 97.7 Å². The maximum atomic E-state index is 11.1. The lowest BCUT2D eigenvalue weighted by Crippen LogP contribution is -2.12. The first-order valence-electron chi connectivity index (χ1n) is 5.21. The van der Waals surface area contributed by atoms with Crippen LogP contribution in [0.5, 0.6) is 11.5 Å². The van der Waals surface area contributed by atoms with Gasteiger partial charge in [0, 0.05) is 6.42 Å². The van der Waals surface area contributed by atoms with Gasteiger partial charge in [-0.1, -0.05) is 18.2 Å². The van der Waals surface area contributed by atoms with Crippen molar-refractivity contribution < 1.29 is 9.84 Å². The molecule has 0 amide bonds. The normalized spacial score (nSPS) is 10.1. The molecule has 2 aromatic rings. The third-order valence-electron chi connectivity index (χ3n) is 2.18. The average Bonchev–Trinajstić information content (AvgIpc) is 2.35. The molecule has 0 bridgehead atoms. The van der Waals surface area contributed by atoms with Gasteiger partial charge in [0.15, 0.2) is 5.75 Å². The summed E-state index contributed by atoms with van der Waals surface area (Å²) >= 11 is 0. The van der Waals surface area contributed by atoms with Crippen LogP contribution in [0.15, 0.2) is 41.3 Å². The first kappa shape index (κ1) is 11.2. The number of H-pyrrole nitrogens is 1. The van der Waals surface area contributed by atoms with Crippen LogP contribution in [0.25, 0.3) is 0 Å². The van der Waals surface area contributed by atoms with Crippen LogP contribution in [0.3, 0.4) is 0 Å². The van der Waals surface area contributed by atoms with E-state index in [-0.39, 0.29) is 5.75 Å². The molecular formula is C12H12N2O3. The number of aromatic amines is 1. The van der Waals surface area contributed by atoms with E-state index in [1.807, 2.05) is 30.3 Å². The summed E-state index contributed by atoms with van der Waals surface area (Å²) in [5, 5.41) is 9.01. The molecule has 5 nitrogen and oxygen atoms in total. The molecule has 0 fully saturated rings. The number of hydrogen-bond acceptors (Lipinski definition) is 4. The van der Waals surface area contributed by atoms with Gasteiger partial charge in [0.1, 0.15) is 11.6 Å². The number of hydrogen-bond donors (Lipinski definition) is 2. The Morgan fingerprint density at radius 3 is 2.76 bits per heavy atom. The Bertz CT molecular complexity index is 537. The van der Waals surface area contributed by atoms with Crippen molar-refractivity contribution in [1.82, 2.24) is 9.97 Å². The minimum atomic E-state index is -0.533. The van der Waals surface area contributed by atoms with Gasteiger partial charge in [0.05, 0.1) is 12.8 Å². The maximum absolute atomic E-state index is 11.1. The third kappa shape index (κ3) is 3.07. The predicted octanol–water partition coefficient (Wildman–Crippen LogP) is 1.10. The molecule has 0 radical (unpaired) electrons. The number of para-hydroxylation sites is 1. The molecule has 1 aromatic heterocycles. The SMILES string of the molecule is O=c1[nH]c(CCOc2ccccc2)ncc1O. The first-order chi connectivity index (χ1) is 8.25. The number of ether oxygens (including phenoxy) is 1. The average molecular weight is 232 g/mol. The fourth-order valence-electron chi connectivity index (χ4n) is 1.33. The number of aromatic hydroxyl groups is 1. The first-order valence-corrected chi connectivity index (χ1v) is 5.21. The van der Waals surface area contributed by atoms with Crippen molar-refractivity contribution in [3.63, 3.8) is 0 Å². The van der Waals surface area contributed by atoms with E-state index in [1.54, 1.807) is 0 Å². The van der Waals surface area contributed by atoms with Crippen LogP contribution in [-0.4, -0.2) is 21.7 Å². The topological polar surface area (TPSA) is 75.2 Å². The summed E-state index contributed by atoms with van der Waals surface area (Å²) in [6.07, 6.45) is 1.61. The number of aromatic nitrogens is 2. The molecule has 0 spiro atoms. The number of nitrogens with zero attached hydrogens (tertiary/aromatic N) is 1. The molecular weight excluding hydrogens is 220 g/mol. The van der Waals surface area contributed by atoms with Crippen LogP contribution >= 0.6 is 0 Å². The van der Waals surface area contributed by atoms with Crippen molar-refractivity contribution >= 4 is 0 Å². The fraction of sp³-hybridized carbons (Fsp3) is 0.167. The van der Waals surface area contributed by atoms with E-state index in [0.717, 1.165) is 11.9 Å². The molecule has 1 heterocycles. The Kier molecular flexibility index (Phi) is 3.40. The lowest BCUT2D eigenvalue weighted by Gasteiger charge is -2.05. The Hall–Kier alpha value is -2.30. The van der Waals surface area contributed by atoms with E-state index in [9.17, 15) is 4.79 Å². The molecule has 5 heteroatoms. The second kappa shape index (κ2) is 5.16. The molecule has 2 N–H and O–H groups in total. The highest BCUT2D eigenvalue weighted by molar-refractivity contribution is 5.20. The zero-order valence-electron chi connectivity index (χ0n) is 9.09. The van der Waals surface area contributed by atoms with Crippen molar-refractivity contribution in [1.29, 1.82) is 0 Å². The summed E-state index contributed by atoms with van der Waals surface area (Å²) < 4.78 is 5.46. The fourth-order valence-corrected chi connectivity index (χ4v) is 1.33. The van der Waals surface area contributed by atoms with E-state index >= 15 is 0 Å². The van der Waals surface area contributed by atoms with Gasteiger partial charge < -0.3 is 14.8 Å². The van der Waals surface area contributed by atoms with Crippen molar-refractivity contribution in [3.8, 4) is 11.5 Å². The van der Waals surface area contributed by atoms with E-state index in [0.29, 0.717) is 18.9 Å². The zero-order chi connectivity index (χ0) is 12.1. The van der Waals surface area contributed by atoms with Gasteiger partial charge in [0.25, 0.3) is 5.56 Å². The molecule has 88 valence electrons. The summed E-state index contributed by atoms with van der Waals surface area (Å²) in [5.74, 6) is 0.884. The van der Waals surface area contributed by atoms with Crippen molar-refractivity contribution in [2.24, 2.45) is 0 Å². The summed E-state index contributed by atoms with van der Waals surface area (Å²) in [7, 11) is 0. The molecule has 0 aliphatic heterocycles. The molecule has 1 aromatic carbocycles. The molecule has 0 aliphatic rings. The van der Waals surface area contributed by atoms with Crippen LogP contribution in [0.2, 0.25) is 0 Å². The smallest absolute Gasteiger partial charge is 0.293 e. The van der Waals surface area contributed by atoms with Gasteiger partial charge in [0.2, 0.25) is 0 Å². The molecule has 0 aliphatic carbocycles. The maximum Gasteiger partial charge on any atom is 0.293 e. The Morgan fingerprint density at radius 1 is 1.29 bits per heavy atom. The van der Waals surface area contributed by atoms with Gasteiger partial charge in [-0.05, 0) is 12.1 Å². The second-order valence-corrected chi connectivity index (χ2v) is 3.46. The highest BCUT2D eigenvalue weighted by atomic mass is 16.5. The van der Waals surface area contributed by atoms with Gasteiger partial charge >= 0.3 is 0 Å². The van der Waals surface area contributed by atoms with Crippen LogP contribution in [0.1, 0.15) is 5.82 Å². The summed E-state index contributed by atoms with van der Waals surface area (Å²) in [4.78, 5) is 17.4. The van der Waals surface area contributed by atoms with Crippen LogP contribution in [-0.2, 0) is 6.42 Å². The van der Waals surface area contributed by atoms with Crippen molar-refractivity contribution in [3.05, 3.63) is 52.7 Å². The second-order valence-electron chi connectivity index (χ2n) is 3.46. The predicted molar refractivity (Wildman–Crippen MR) is 62.2 cm³/mol. The van der Waals surface area contributed by atoms with Crippen molar-refractivity contribution in [2.45, 2.75) is 6.42 Å². The van der Waals surface area contributed by atoms with E-state index in [4.69, 9.17) is 9.84 Å². The van der Waals surface area contributed by atoms with E-state index in [2.05, 4.69) is 9.97 Å². The molecule has 0 atom stereocenters. The summed E-state index contributed by atoms with van der Waals surface area (Å²) in [5.41, 5.74) is -0.533. The molecule has 0 unspecified atom stereocenters. The molecule has 0 saturated heterocycles. The zero-order valence-corrected chi connectivity index (χ0v) is 9.09.